The highest BCUT2D eigenvalue weighted by atomic mass is 19.2. The van der Waals surface area contributed by atoms with E-state index in [-0.39, 0.29) is 5.69 Å². The van der Waals surface area contributed by atoms with E-state index in [0.29, 0.717) is 10.9 Å². The second-order valence-electron chi connectivity index (χ2n) is 4.74. The lowest BCUT2D eigenvalue weighted by Gasteiger charge is -2.08. The van der Waals surface area contributed by atoms with Gasteiger partial charge in [-0.1, -0.05) is 18.2 Å². The Kier molecular flexibility index (Phi) is 3.92. The van der Waals surface area contributed by atoms with Crippen LogP contribution in [0.2, 0.25) is 0 Å². The Balaban J connectivity index is 1.88. The van der Waals surface area contributed by atoms with Crippen molar-refractivity contribution in [2.24, 2.45) is 0 Å². The van der Waals surface area contributed by atoms with Gasteiger partial charge in [0.15, 0.2) is 29.0 Å². The predicted molar refractivity (Wildman–Crippen MR) is 71.4 cm³/mol. The number of H-pyrrole nitrogens is 1. The summed E-state index contributed by atoms with van der Waals surface area (Å²) in [5, 5.41) is 6.64. The third-order valence-electron chi connectivity index (χ3n) is 3.31. The van der Waals surface area contributed by atoms with E-state index in [9.17, 15) is 26.7 Å². The third kappa shape index (κ3) is 2.47. The highest BCUT2D eigenvalue weighted by Gasteiger charge is 2.27. The molecule has 0 atom stereocenters. The molecule has 0 amide bonds. The Hall–Kier alpha value is -2.97. The number of rotatable bonds is 3. The number of hydrogen-bond acceptors (Lipinski definition) is 3. The van der Waals surface area contributed by atoms with Gasteiger partial charge in [0.1, 0.15) is 6.61 Å². The Morgan fingerprint density at radius 3 is 2.21 bits per heavy atom. The molecule has 1 N–H and O–H groups in total. The molecule has 24 heavy (non-hydrogen) atoms. The van der Waals surface area contributed by atoms with Gasteiger partial charge in [-0.3, -0.25) is 5.10 Å². The van der Waals surface area contributed by atoms with Crippen molar-refractivity contribution in [1.29, 1.82) is 0 Å². The molecular formula is C15H7F5N2O2. The van der Waals surface area contributed by atoms with E-state index >= 15 is 0 Å². The average Bonchev–Trinajstić information content (AvgIpc) is 3.02. The molecule has 0 aliphatic carbocycles. The second kappa shape index (κ2) is 5.91. The van der Waals surface area contributed by atoms with Crippen molar-refractivity contribution in [3.8, 4) is 0 Å². The van der Waals surface area contributed by atoms with Gasteiger partial charge in [0.2, 0.25) is 5.82 Å². The van der Waals surface area contributed by atoms with Gasteiger partial charge in [-0.05, 0) is 6.07 Å². The van der Waals surface area contributed by atoms with Crippen molar-refractivity contribution in [2.75, 3.05) is 0 Å². The minimum Gasteiger partial charge on any atom is -0.456 e. The largest absolute Gasteiger partial charge is 0.456 e. The standard InChI is InChI=1S/C15H7F5N2O2/c16-9-7(10(17)12(19)13(20)11(9)18)5-24-15(23)14-6-3-1-2-4-8(6)21-22-14/h1-4H,5H2,(H,21,22). The van der Waals surface area contributed by atoms with Crippen LogP contribution in [0.25, 0.3) is 10.9 Å². The molecule has 1 heterocycles. The van der Waals surface area contributed by atoms with Crippen molar-refractivity contribution in [3.63, 3.8) is 0 Å². The highest BCUT2D eigenvalue weighted by Crippen LogP contribution is 2.24. The van der Waals surface area contributed by atoms with Crippen LogP contribution in [-0.2, 0) is 11.3 Å². The number of benzene rings is 2. The van der Waals surface area contributed by atoms with Gasteiger partial charge >= 0.3 is 5.97 Å². The van der Waals surface area contributed by atoms with Crippen LogP contribution in [0.15, 0.2) is 24.3 Å². The number of carbonyl (C=O) groups excluding carboxylic acids is 1. The maximum atomic E-state index is 13.5. The minimum absolute atomic E-state index is 0.172. The van der Waals surface area contributed by atoms with Crippen LogP contribution in [0.5, 0.6) is 0 Å². The Morgan fingerprint density at radius 2 is 1.54 bits per heavy atom. The number of hydrogen-bond donors (Lipinski definition) is 1. The van der Waals surface area contributed by atoms with E-state index in [1.807, 2.05) is 0 Å². The zero-order valence-electron chi connectivity index (χ0n) is 11.7. The Morgan fingerprint density at radius 1 is 0.958 bits per heavy atom. The predicted octanol–water partition coefficient (Wildman–Crippen LogP) is 3.62. The molecule has 4 nitrogen and oxygen atoms in total. The molecule has 0 aliphatic heterocycles. The van der Waals surface area contributed by atoms with Crippen molar-refractivity contribution in [1.82, 2.24) is 10.2 Å². The fourth-order valence-corrected chi connectivity index (χ4v) is 2.10. The topological polar surface area (TPSA) is 55.0 Å². The summed E-state index contributed by atoms with van der Waals surface area (Å²) in [5.41, 5.74) is -0.894. The van der Waals surface area contributed by atoms with Gasteiger partial charge in [-0.25, -0.2) is 26.7 Å². The molecule has 3 rings (SSSR count). The summed E-state index contributed by atoms with van der Waals surface area (Å²) in [5.74, 6) is -11.7. The molecule has 3 aromatic rings. The average molecular weight is 342 g/mol. The van der Waals surface area contributed by atoms with Crippen LogP contribution in [0.3, 0.4) is 0 Å². The molecule has 124 valence electrons. The lowest BCUT2D eigenvalue weighted by Crippen LogP contribution is -2.12. The number of carbonyl (C=O) groups is 1. The molecule has 2 aromatic carbocycles. The molecule has 1 aromatic heterocycles. The zero-order chi connectivity index (χ0) is 17.4. The first kappa shape index (κ1) is 15.9. The number of aromatic amines is 1. The maximum absolute atomic E-state index is 13.5. The van der Waals surface area contributed by atoms with Gasteiger partial charge in [0.05, 0.1) is 11.1 Å². The van der Waals surface area contributed by atoms with Gasteiger partial charge < -0.3 is 4.74 Å². The first-order valence-corrected chi connectivity index (χ1v) is 6.52. The van der Waals surface area contributed by atoms with Gasteiger partial charge in [-0.15, -0.1) is 0 Å². The summed E-state index contributed by atoms with van der Waals surface area (Å²) >= 11 is 0. The van der Waals surface area contributed by atoms with Gasteiger partial charge in [-0.2, -0.15) is 5.10 Å². The number of nitrogens with zero attached hydrogens (tertiary/aromatic N) is 1. The number of fused-ring (bicyclic) bond motifs is 1. The number of halogens is 5. The molecule has 0 fully saturated rings. The number of ether oxygens (including phenoxy) is 1. The van der Waals surface area contributed by atoms with Crippen molar-refractivity contribution in [3.05, 3.63) is 64.6 Å². The SMILES string of the molecule is O=C(OCc1c(F)c(F)c(F)c(F)c1F)c1n[nH]c2ccccc12. The second-order valence-corrected chi connectivity index (χ2v) is 4.74. The van der Waals surface area contributed by atoms with E-state index < -0.39 is 47.2 Å². The lowest BCUT2D eigenvalue weighted by atomic mass is 10.2. The maximum Gasteiger partial charge on any atom is 0.359 e. The van der Waals surface area contributed by atoms with E-state index in [1.54, 1.807) is 24.3 Å². The summed E-state index contributed by atoms with van der Waals surface area (Å²) < 4.78 is 70.8. The van der Waals surface area contributed by atoms with Crippen LogP contribution in [0.4, 0.5) is 22.0 Å². The quantitative estimate of drug-likeness (QED) is 0.342. The van der Waals surface area contributed by atoms with Gasteiger partial charge in [0.25, 0.3) is 0 Å². The summed E-state index contributed by atoms with van der Waals surface area (Å²) in [6, 6.07) is 6.49. The number of nitrogens with one attached hydrogen (secondary N) is 1. The number of para-hydroxylation sites is 1. The van der Waals surface area contributed by atoms with Gasteiger partial charge in [0, 0.05) is 5.39 Å². The van der Waals surface area contributed by atoms with Crippen LogP contribution < -0.4 is 0 Å². The minimum atomic E-state index is -2.28. The number of aromatic nitrogens is 2. The highest BCUT2D eigenvalue weighted by molar-refractivity contribution is 6.01. The molecule has 0 saturated carbocycles. The van der Waals surface area contributed by atoms with E-state index in [1.165, 1.54) is 0 Å². The smallest absolute Gasteiger partial charge is 0.359 e. The molecule has 0 bridgehead atoms. The molecule has 0 spiro atoms. The van der Waals surface area contributed by atoms with Crippen LogP contribution in [0.1, 0.15) is 16.1 Å². The Labute approximate surface area is 130 Å². The van der Waals surface area contributed by atoms with E-state index in [0.717, 1.165) is 0 Å². The summed E-state index contributed by atoms with van der Waals surface area (Å²) in [4.78, 5) is 11.9. The fraction of sp³-hybridized carbons (Fsp3) is 0.0667. The van der Waals surface area contributed by atoms with Crippen molar-refractivity contribution in [2.45, 2.75) is 6.61 Å². The molecule has 9 heteroatoms. The normalized spacial score (nSPS) is 11.0. The molecule has 0 saturated heterocycles. The molecule has 0 unspecified atom stereocenters. The third-order valence-corrected chi connectivity index (χ3v) is 3.31. The summed E-state index contributed by atoms with van der Waals surface area (Å²) in [6.07, 6.45) is 0. The van der Waals surface area contributed by atoms with Crippen LogP contribution in [-0.4, -0.2) is 16.2 Å². The first-order chi connectivity index (χ1) is 11.4. The molecular weight excluding hydrogens is 335 g/mol. The summed E-state index contributed by atoms with van der Waals surface area (Å²) in [6.45, 7) is -1.13. The monoisotopic (exact) mass is 342 g/mol. The van der Waals surface area contributed by atoms with Crippen LogP contribution in [0, 0.1) is 29.1 Å². The van der Waals surface area contributed by atoms with E-state index in [2.05, 4.69) is 14.9 Å². The van der Waals surface area contributed by atoms with Crippen molar-refractivity contribution < 1.29 is 31.5 Å². The lowest BCUT2D eigenvalue weighted by molar-refractivity contribution is 0.0457. The fourth-order valence-electron chi connectivity index (χ4n) is 2.10. The zero-order valence-corrected chi connectivity index (χ0v) is 11.7. The van der Waals surface area contributed by atoms with Crippen LogP contribution >= 0.6 is 0 Å². The number of esters is 1. The first-order valence-electron chi connectivity index (χ1n) is 6.52. The summed E-state index contributed by atoms with van der Waals surface area (Å²) in [7, 11) is 0. The van der Waals surface area contributed by atoms with E-state index in [4.69, 9.17) is 0 Å². The molecule has 0 radical (unpaired) electrons. The Bertz CT molecular complexity index is 925. The molecule has 0 aliphatic rings. The van der Waals surface area contributed by atoms with Crippen molar-refractivity contribution >= 4 is 16.9 Å².